The molecule has 5 nitrogen and oxygen atoms in total. The molecule has 0 fully saturated rings. The molecule has 0 heterocycles. The summed E-state index contributed by atoms with van der Waals surface area (Å²) in [6.45, 7) is 3.25. The van der Waals surface area contributed by atoms with Crippen molar-refractivity contribution in [2.24, 2.45) is 5.73 Å². The molecule has 0 bridgehead atoms. The normalized spacial score (nSPS) is 14.4. The number of amides is 1. The third kappa shape index (κ3) is 4.86. The minimum absolute atomic E-state index is 0.353. The Labute approximate surface area is 124 Å². The molecule has 1 amide bonds. The molecule has 1 rings (SSSR count). The van der Waals surface area contributed by atoms with E-state index in [0.29, 0.717) is 6.42 Å². The molecular weight excluding hydrogens is 276 g/mol. The molecule has 0 aliphatic heterocycles. The number of carboxylic acid groups (broad SMARTS) is 1. The smallest absolute Gasteiger partial charge is 0.327 e. The van der Waals surface area contributed by atoms with Crippen molar-refractivity contribution in [1.82, 2.24) is 5.32 Å². The molecule has 0 spiro atoms. The number of benzene rings is 1. The number of carbonyl (C=O) groups excluding carboxylic acids is 1. The topological polar surface area (TPSA) is 92.4 Å². The minimum atomic E-state index is -1.13. The van der Waals surface area contributed by atoms with E-state index < -0.39 is 28.7 Å². The molecule has 0 aliphatic rings. The van der Waals surface area contributed by atoms with Crippen LogP contribution in [-0.2, 0) is 16.0 Å². The monoisotopic (exact) mass is 296 g/mol. The molecular formula is C14H20N2O3S. The highest BCUT2D eigenvalue weighted by Crippen LogP contribution is 2.18. The van der Waals surface area contributed by atoms with Gasteiger partial charge in [-0.05, 0) is 25.8 Å². The maximum atomic E-state index is 12.0. The second-order valence-corrected chi connectivity index (χ2v) is 6.38. The highest BCUT2D eigenvalue weighted by molar-refractivity contribution is 7.81. The number of hydrogen-bond donors (Lipinski definition) is 4. The third-order valence-electron chi connectivity index (χ3n) is 2.88. The van der Waals surface area contributed by atoms with Gasteiger partial charge in [0.15, 0.2) is 0 Å². The van der Waals surface area contributed by atoms with Gasteiger partial charge >= 0.3 is 5.97 Å². The van der Waals surface area contributed by atoms with Crippen molar-refractivity contribution in [3.05, 3.63) is 35.9 Å². The molecule has 110 valence electrons. The van der Waals surface area contributed by atoms with Crippen LogP contribution in [0.3, 0.4) is 0 Å². The van der Waals surface area contributed by atoms with E-state index in [4.69, 9.17) is 10.8 Å². The first kappa shape index (κ1) is 16.5. The first-order chi connectivity index (χ1) is 9.21. The second-order valence-electron chi connectivity index (χ2n) is 5.23. The van der Waals surface area contributed by atoms with Crippen LogP contribution in [-0.4, -0.2) is 33.8 Å². The summed E-state index contributed by atoms with van der Waals surface area (Å²) in [5, 5.41) is 11.6. The van der Waals surface area contributed by atoms with Crippen LogP contribution in [0.1, 0.15) is 19.4 Å². The predicted octanol–water partition coefficient (Wildman–Crippen LogP) is 0.834. The van der Waals surface area contributed by atoms with E-state index in [1.165, 1.54) is 0 Å². The van der Waals surface area contributed by atoms with Gasteiger partial charge in [-0.3, -0.25) is 4.79 Å². The van der Waals surface area contributed by atoms with Gasteiger partial charge < -0.3 is 16.2 Å². The Morgan fingerprint density at radius 1 is 1.35 bits per heavy atom. The van der Waals surface area contributed by atoms with Crippen molar-refractivity contribution < 1.29 is 14.7 Å². The summed E-state index contributed by atoms with van der Waals surface area (Å²) in [6.07, 6.45) is 0.353. The zero-order valence-electron chi connectivity index (χ0n) is 11.5. The van der Waals surface area contributed by atoms with Crippen LogP contribution in [0.25, 0.3) is 0 Å². The summed E-state index contributed by atoms with van der Waals surface area (Å²) in [5.41, 5.74) is 6.73. The Morgan fingerprint density at radius 2 is 1.90 bits per heavy atom. The average molecular weight is 296 g/mol. The van der Waals surface area contributed by atoms with Crippen molar-refractivity contribution in [2.45, 2.75) is 37.1 Å². The van der Waals surface area contributed by atoms with Crippen LogP contribution in [0, 0.1) is 0 Å². The average Bonchev–Trinajstić information content (AvgIpc) is 2.34. The standard InChI is InChI=1S/C14H20N2O3S/c1-14(2,20)11(13(18)19)16-12(17)10(15)8-9-6-4-3-5-7-9/h3-7,10-11,20H,8,15H2,1-2H3,(H,16,17)(H,18,19)/t10-,11+/m1/s1. The third-order valence-corrected chi connectivity index (χ3v) is 3.13. The van der Waals surface area contributed by atoms with Gasteiger partial charge in [0.1, 0.15) is 6.04 Å². The zero-order chi connectivity index (χ0) is 15.3. The zero-order valence-corrected chi connectivity index (χ0v) is 12.4. The van der Waals surface area contributed by atoms with Crippen molar-refractivity contribution in [1.29, 1.82) is 0 Å². The molecule has 0 aromatic heterocycles. The molecule has 0 saturated carbocycles. The van der Waals surface area contributed by atoms with Crippen molar-refractivity contribution in [3.63, 3.8) is 0 Å². The first-order valence-electron chi connectivity index (χ1n) is 6.27. The highest BCUT2D eigenvalue weighted by atomic mass is 32.1. The Morgan fingerprint density at radius 3 is 2.35 bits per heavy atom. The van der Waals surface area contributed by atoms with Crippen LogP contribution in [0.4, 0.5) is 0 Å². The van der Waals surface area contributed by atoms with E-state index in [2.05, 4.69) is 17.9 Å². The van der Waals surface area contributed by atoms with Gasteiger partial charge in [0, 0.05) is 4.75 Å². The molecule has 4 N–H and O–H groups in total. The molecule has 0 saturated heterocycles. The van der Waals surface area contributed by atoms with Gasteiger partial charge in [0.05, 0.1) is 6.04 Å². The number of hydrogen-bond acceptors (Lipinski definition) is 4. The van der Waals surface area contributed by atoms with Gasteiger partial charge in [0.25, 0.3) is 0 Å². The van der Waals surface area contributed by atoms with Crippen molar-refractivity contribution >= 4 is 24.5 Å². The number of rotatable bonds is 6. The van der Waals surface area contributed by atoms with Gasteiger partial charge in [-0.2, -0.15) is 12.6 Å². The number of aliphatic carboxylic acids is 1. The van der Waals surface area contributed by atoms with E-state index in [1.54, 1.807) is 13.8 Å². The fourth-order valence-corrected chi connectivity index (χ4v) is 1.93. The highest BCUT2D eigenvalue weighted by Gasteiger charge is 2.34. The van der Waals surface area contributed by atoms with Crippen molar-refractivity contribution in [2.75, 3.05) is 0 Å². The summed E-state index contributed by atoms with van der Waals surface area (Å²) < 4.78 is -0.881. The summed E-state index contributed by atoms with van der Waals surface area (Å²) >= 11 is 4.19. The maximum Gasteiger partial charge on any atom is 0.327 e. The van der Waals surface area contributed by atoms with E-state index in [0.717, 1.165) is 5.56 Å². The van der Waals surface area contributed by atoms with Gasteiger partial charge in [-0.25, -0.2) is 4.79 Å². The lowest BCUT2D eigenvalue weighted by molar-refractivity contribution is -0.142. The molecule has 6 heteroatoms. The largest absolute Gasteiger partial charge is 0.480 e. The van der Waals surface area contributed by atoms with Crippen LogP contribution in [0.15, 0.2) is 30.3 Å². The Balaban J connectivity index is 2.67. The summed E-state index contributed by atoms with van der Waals surface area (Å²) in [6, 6.07) is 7.43. The van der Waals surface area contributed by atoms with E-state index in [-0.39, 0.29) is 0 Å². The SMILES string of the molecule is CC(C)(S)[C@@H](NC(=O)[C@H](N)Cc1ccccc1)C(=O)O. The lowest BCUT2D eigenvalue weighted by Gasteiger charge is -2.28. The second kappa shape index (κ2) is 6.76. The van der Waals surface area contributed by atoms with Crippen LogP contribution in [0.2, 0.25) is 0 Å². The fourth-order valence-electron chi connectivity index (χ4n) is 1.75. The van der Waals surface area contributed by atoms with E-state index >= 15 is 0 Å². The molecule has 0 radical (unpaired) electrons. The molecule has 1 aromatic carbocycles. The van der Waals surface area contributed by atoms with Crippen molar-refractivity contribution in [3.8, 4) is 0 Å². The summed E-state index contributed by atoms with van der Waals surface area (Å²) in [4.78, 5) is 23.1. The Kier molecular flexibility index (Phi) is 5.59. The fraction of sp³-hybridized carbons (Fsp3) is 0.429. The van der Waals surface area contributed by atoms with Gasteiger partial charge in [0.2, 0.25) is 5.91 Å². The molecule has 0 unspecified atom stereocenters. The number of nitrogens with one attached hydrogen (secondary N) is 1. The first-order valence-corrected chi connectivity index (χ1v) is 6.71. The van der Waals surface area contributed by atoms with Gasteiger partial charge in [-0.15, -0.1) is 0 Å². The predicted molar refractivity (Wildman–Crippen MR) is 80.8 cm³/mol. The van der Waals surface area contributed by atoms with Crippen LogP contribution >= 0.6 is 12.6 Å². The molecule has 2 atom stereocenters. The van der Waals surface area contributed by atoms with Gasteiger partial charge in [-0.1, -0.05) is 30.3 Å². The number of carbonyl (C=O) groups is 2. The number of nitrogens with two attached hydrogens (primary N) is 1. The van der Waals surface area contributed by atoms with E-state index in [1.807, 2.05) is 30.3 Å². The molecule has 1 aromatic rings. The number of carboxylic acids is 1. The molecule has 20 heavy (non-hydrogen) atoms. The quantitative estimate of drug-likeness (QED) is 0.585. The maximum absolute atomic E-state index is 12.0. The molecule has 0 aliphatic carbocycles. The summed E-state index contributed by atoms with van der Waals surface area (Å²) in [5.74, 6) is -1.63. The van der Waals surface area contributed by atoms with E-state index in [9.17, 15) is 9.59 Å². The van der Waals surface area contributed by atoms with Crippen LogP contribution in [0.5, 0.6) is 0 Å². The Hall–Kier alpha value is -1.53. The number of thiol groups is 1. The summed E-state index contributed by atoms with van der Waals surface area (Å²) in [7, 11) is 0. The van der Waals surface area contributed by atoms with Crippen LogP contribution < -0.4 is 11.1 Å². The Bertz CT molecular complexity index is 471. The minimum Gasteiger partial charge on any atom is -0.480 e. The lowest BCUT2D eigenvalue weighted by Crippen LogP contribution is -2.55. The lowest BCUT2D eigenvalue weighted by atomic mass is 10.0.